The van der Waals surface area contributed by atoms with Crippen molar-refractivity contribution in [2.24, 2.45) is 11.7 Å². The predicted molar refractivity (Wildman–Crippen MR) is 80.9 cm³/mol. The lowest BCUT2D eigenvalue weighted by Crippen LogP contribution is -2.36. The minimum Gasteiger partial charge on any atom is -0.398 e. The SMILES string of the molecule is C=C(/C=C(N)\C(Cl)=C/C)CN1CCC(C(C)=O)CC1. The Hall–Kier alpha value is -1.06. The minimum absolute atomic E-state index is 0.239. The first-order valence-corrected chi connectivity index (χ1v) is 7.01. The van der Waals surface area contributed by atoms with Gasteiger partial charge in [-0.2, -0.15) is 0 Å². The highest BCUT2D eigenvalue weighted by molar-refractivity contribution is 6.31. The van der Waals surface area contributed by atoms with E-state index < -0.39 is 0 Å². The fourth-order valence-corrected chi connectivity index (χ4v) is 2.34. The number of nitrogens with zero attached hydrogens (tertiary/aromatic N) is 1. The van der Waals surface area contributed by atoms with Gasteiger partial charge >= 0.3 is 0 Å². The Balaban J connectivity index is 2.45. The summed E-state index contributed by atoms with van der Waals surface area (Å²) in [4.78, 5) is 13.6. The van der Waals surface area contributed by atoms with Gasteiger partial charge < -0.3 is 5.73 Å². The van der Waals surface area contributed by atoms with Crippen molar-refractivity contribution >= 4 is 17.4 Å². The van der Waals surface area contributed by atoms with Crippen LogP contribution < -0.4 is 5.73 Å². The van der Waals surface area contributed by atoms with Gasteiger partial charge in [-0.15, -0.1) is 0 Å². The molecule has 19 heavy (non-hydrogen) atoms. The van der Waals surface area contributed by atoms with Gasteiger partial charge in [-0.05, 0) is 51.4 Å². The molecule has 4 heteroatoms. The lowest BCUT2D eigenvalue weighted by atomic mass is 9.93. The van der Waals surface area contributed by atoms with E-state index in [4.69, 9.17) is 17.3 Å². The van der Waals surface area contributed by atoms with Gasteiger partial charge in [0.25, 0.3) is 0 Å². The normalized spacial score (nSPS) is 19.5. The van der Waals surface area contributed by atoms with Crippen molar-refractivity contribution in [2.45, 2.75) is 26.7 Å². The summed E-state index contributed by atoms with van der Waals surface area (Å²) in [5.41, 5.74) is 7.32. The zero-order valence-electron chi connectivity index (χ0n) is 11.8. The lowest BCUT2D eigenvalue weighted by molar-refractivity contribution is -0.122. The summed E-state index contributed by atoms with van der Waals surface area (Å²) >= 11 is 5.93. The number of carbonyl (C=O) groups is 1. The van der Waals surface area contributed by atoms with Crippen LogP contribution in [0.4, 0.5) is 0 Å². The number of piperidine rings is 1. The number of likely N-dealkylation sites (tertiary alicyclic amines) is 1. The maximum absolute atomic E-state index is 11.3. The van der Waals surface area contributed by atoms with Gasteiger partial charge in [0.2, 0.25) is 0 Å². The second-order valence-electron chi connectivity index (χ2n) is 5.06. The van der Waals surface area contributed by atoms with Crippen LogP contribution in [0.1, 0.15) is 26.7 Å². The van der Waals surface area contributed by atoms with E-state index in [9.17, 15) is 4.79 Å². The Kier molecular flexibility index (Phi) is 6.32. The summed E-state index contributed by atoms with van der Waals surface area (Å²) in [6, 6.07) is 0. The number of Topliss-reactive ketones (excluding diaryl/α,β-unsaturated/α-hetero) is 1. The van der Waals surface area contributed by atoms with Gasteiger partial charge in [0.1, 0.15) is 5.78 Å². The monoisotopic (exact) mass is 282 g/mol. The van der Waals surface area contributed by atoms with Gasteiger partial charge in [0.05, 0.1) is 10.7 Å². The van der Waals surface area contributed by atoms with Crippen LogP contribution in [0.2, 0.25) is 0 Å². The van der Waals surface area contributed by atoms with Crippen molar-refractivity contribution in [1.29, 1.82) is 0 Å². The molecule has 1 rings (SSSR count). The molecule has 0 bridgehead atoms. The van der Waals surface area contributed by atoms with E-state index in [2.05, 4.69) is 11.5 Å². The highest BCUT2D eigenvalue weighted by atomic mass is 35.5. The molecular weight excluding hydrogens is 260 g/mol. The Bertz CT molecular complexity index is 404. The molecule has 2 N–H and O–H groups in total. The molecule has 1 saturated heterocycles. The van der Waals surface area contributed by atoms with Crippen LogP contribution in [0.3, 0.4) is 0 Å². The summed E-state index contributed by atoms with van der Waals surface area (Å²) in [5, 5.41) is 0.552. The van der Waals surface area contributed by atoms with Gasteiger partial charge in [0.15, 0.2) is 0 Å². The summed E-state index contributed by atoms with van der Waals surface area (Å²) in [6.45, 7) is 10.2. The fraction of sp³-hybridized carbons (Fsp3) is 0.533. The van der Waals surface area contributed by atoms with E-state index in [1.54, 1.807) is 13.0 Å². The molecule has 0 saturated carbocycles. The molecule has 1 fully saturated rings. The Morgan fingerprint density at radius 2 is 2.05 bits per heavy atom. The summed E-state index contributed by atoms with van der Waals surface area (Å²) in [6.07, 6.45) is 5.47. The average Bonchev–Trinajstić information content (AvgIpc) is 2.38. The molecule has 1 aliphatic heterocycles. The highest BCUT2D eigenvalue weighted by Gasteiger charge is 2.22. The molecule has 0 aromatic rings. The highest BCUT2D eigenvalue weighted by Crippen LogP contribution is 2.19. The first-order chi connectivity index (χ1) is 8.93. The van der Waals surface area contributed by atoms with E-state index in [1.807, 2.05) is 13.0 Å². The van der Waals surface area contributed by atoms with Crippen LogP contribution in [0.25, 0.3) is 0 Å². The molecule has 1 heterocycles. The van der Waals surface area contributed by atoms with Gasteiger partial charge in [-0.25, -0.2) is 0 Å². The molecule has 0 aliphatic carbocycles. The van der Waals surface area contributed by atoms with Gasteiger partial charge in [-0.3, -0.25) is 9.69 Å². The molecule has 0 unspecified atom stereocenters. The van der Waals surface area contributed by atoms with E-state index in [0.29, 0.717) is 16.5 Å². The second kappa shape index (κ2) is 7.51. The predicted octanol–water partition coefficient (Wildman–Crippen LogP) is 2.83. The third-order valence-electron chi connectivity index (χ3n) is 3.48. The molecule has 0 radical (unpaired) electrons. The Morgan fingerprint density at radius 3 is 2.53 bits per heavy atom. The Morgan fingerprint density at radius 1 is 1.47 bits per heavy atom. The molecule has 0 atom stereocenters. The first-order valence-electron chi connectivity index (χ1n) is 6.64. The molecule has 0 spiro atoms. The molecule has 106 valence electrons. The van der Waals surface area contributed by atoms with Crippen LogP contribution >= 0.6 is 11.6 Å². The quantitative estimate of drug-likeness (QED) is 0.789. The summed E-state index contributed by atoms with van der Waals surface area (Å²) < 4.78 is 0. The van der Waals surface area contributed by atoms with Crippen LogP contribution in [0.5, 0.6) is 0 Å². The maximum Gasteiger partial charge on any atom is 0.133 e. The minimum atomic E-state index is 0.239. The van der Waals surface area contributed by atoms with Gasteiger partial charge in [-0.1, -0.05) is 24.3 Å². The van der Waals surface area contributed by atoms with E-state index in [1.165, 1.54) is 0 Å². The summed E-state index contributed by atoms with van der Waals surface area (Å²) in [7, 11) is 0. The zero-order chi connectivity index (χ0) is 14.4. The number of nitrogens with two attached hydrogens (primary N) is 1. The molecular formula is C15H23ClN2O. The largest absolute Gasteiger partial charge is 0.398 e. The second-order valence-corrected chi connectivity index (χ2v) is 5.46. The average molecular weight is 283 g/mol. The molecule has 0 amide bonds. The van der Waals surface area contributed by atoms with Crippen LogP contribution in [-0.4, -0.2) is 30.3 Å². The molecule has 3 nitrogen and oxygen atoms in total. The first kappa shape index (κ1) is 16.0. The number of hydrogen-bond donors (Lipinski definition) is 1. The summed E-state index contributed by atoms with van der Waals surface area (Å²) in [5.74, 6) is 0.546. The van der Waals surface area contributed by atoms with Crippen LogP contribution in [0.15, 0.2) is 35.0 Å². The van der Waals surface area contributed by atoms with Crippen molar-refractivity contribution in [3.8, 4) is 0 Å². The van der Waals surface area contributed by atoms with Crippen LogP contribution in [-0.2, 0) is 4.79 Å². The number of hydrogen-bond acceptors (Lipinski definition) is 3. The van der Waals surface area contributed by atoms with Crippen molar-refractivity contribution in [2.75, 3.05) is 19.6 Å². The third kappa shape index (κ3) is 5.21. The number of allylic oxidation sites excluding steroid dienone is 2. The molecule has 0 aromatic carbocycles. The van der Waals surface area contributed by atoms with E-state index in [-0.39, 0.29) is 5.92 Å². The van der Waals surface area contributed by atoms with E-state index in [0.717, 1.165) is 38.0 Å². The molecule has 0 aromatic heterocycles. The van der Waals surface area contributed by atoms with Crippen LogP contribution in [0, 0.1) is 5.92 Å². The van der Waals surface area contributed by atoms with E-state index >= 15 is 0 Å². The van der Waals surface area contributed by atoms with Crippen molar-refractivity contribution in [3.63, 3.8) is 0 Å². The number of rotatable bonds is 5. The fourth-order valence-electron chi connectivity index (χ4n) is 2.29. The Labute approximate surface area is 120 Å². The van der Waals surface area contributed by atoms with Crippen molar-refractivity contribution in [1.82, 2.24) is 4.90 Å². The van der Waals surface area contributed by atoms with Crippen molar-refractivity contribution < 1.29 is 4.79 Å². The van der Waals surface area contributed by atoms with Gasteiger partial charge in [0, 0.05) is 12.5 Å². The van der Waals surface area contributed by atoms with Crippen molar-refractivity contribution in [3.05, 3.63) is 35.0 Å². The zero-order valence-corrected chi connectivity index (χ0v) is 12.5. The standard InChI is InChI=1S/C15H23ClN2O/c1-4-14(16)15(17)9-11(2)10-18-7-5-13(6-8-18)12(3)19/h4,9,13H,2,5-8,10,17H2,1,3H3/b14-4+,15-9+. The third-order valence-corrected chi connectivity index (χ3v) is 3.91. The molecule has 1 aliphatic rings. The number of ketones is 1. The lowest BCUT2D eigenvalue weighted by Gasteiger charge is -2.30. The maximum atomic E-state index is 11.3. The number of carbonyl (C=O) groups excluding carboxylic acids is 1. The smallest absolute Gasteiger partial charge is 0.133 e. The number of halogens is 1. The topological polar surface area (TPSA) is 46.3 Å².